The molecule has 0 heterocycles. The average molecular weight is 387 g/mol. The van der Waals surface area contributed by atoms with Gasteiger partial charge in [-0.15, -0.1) is 0 Å². The summed E-state index contributed by atoms with van der Waals surface area (Å²) in [4.78, 5) is 10.6. The van der Waals surface area contributed by atoms with E-state index in [1.165, 1.54) is 6.07 Å². The fourth-order valence-electron chi connectivity index (χ4n) is 2.51. The van der Waals surface area contributed by atoms with Crippen LogP contribution in [0.1, 0.15) is 25.0 Å². The van der Waals surface area contributed by atoms with Gasteiger partial charge >= 0.3 is 0 Å². The number of anilines is 1. The summed E-state index contributed by atoms with van der Waals surface area (Å²) in [5.41, 5.74) is 1.53. The molecule has 2 rings (SSSR count). The number of nitro groups is 1. The molecule has 7 nitrogen and oxygen atoms in total. The largest absolute Gasteiger partial charge is 0.443 e. The Hall–Kier alpha value is -2.84. The molecule has 0 amide bonds. The standard InChI is InChI=1S/C19H22N3O4P/c1-3-27(25,4-2)26-17-8-5-15(6-9-17)11-12-21-18-10-7-16(14-20)13-19(18)22(23)24/h5-10,13,21H,3-4,11-12H2,1-2H3. The molecule has 0 unspecified atom stereocenters. The number of nitrogens with one attached hydrogen (secondary N) is 1. The zero-order valence-electron chi connectivity index (χ0n) is 15.3. The fraction of sp³-hybridized carbons (Fsp3) is 0.316. The summed E-state index contributed by atoms with van der Waals surface area (Å²) in [6.45, 7) is 4.20. The minimum Gasteiger partial charge on any atom is -0.443 e. The number of nitriles is 1. The summed E-state index contributed by atoms with van der Waals surface area (Å²) in [5.74, 6) is 0.585. The first-order chi connectivity index (χ1) is 12.9. The Morgan fingerprint density at radius 1 is 1.19 bits per heavy atom. The third-order valence-corrected chi connectivity index (χ3v) is 6.68. The molecule has 0 atom stereocenters. The van der Waals surface area contributed by atoms with Gasteiger partial charge in [-0.1, -0.05) is 26.0 Å². The van der Waals surface area contributed by atoms with Crippen molar-refractivity contribution >= 4 is 18.7 Å². The molecule has 0 radical (unpaired) electrons. The highest BCUT2D eigenvalue weighted by Crippen LogP contribution is 2.46. The van der Waals surface area contributed by atoms with E-state index in [0.29, 0.717) is 36.7 Å². The van der Waals surface area contributed by atoms with Crippen LogP contribution in [0.4, 0.5) is 11.4 Å². The van der Waals surface area contributed by atoms with Crippen molar-refractivity contribution in [2.75, 3.05) is 24.2 Å². The third-order valence-electron chi connectivity index (χ3n) is 4.21. The minimum absolute atomic E-state index is 0.118. The van der Waals surface area contributed by atoms with E-state index in [4.69, 9.17) is 9.79 Å². The van der Waals surface area contributed by atoms with Gasteiger partial charge < -0.3 is 9.84 Å². The first-order valence-electron chi connectivity index (χ1n) is 8.69. The fourth-order valence-corrected chi connectivity index (χ4v) is 3.72. The minimum atomic E-state index is -2.60. The Morgan fingerprint density at radius 2 is 1.85 bits per heavy atom. The molecule has 2 aromatic carbocycles. The first kappa shape index (κ1) is 20.5. The molecule has 27 heavy (non-hydrogen) atoms. The van der Waals surface area contributed by atoms with E-state index in [1.54, 1.807) is 24.3 Å². The van der Waals surface area contributed by atoms with Gasteiger partial charge in [-0.25, -0.2) is 0 Å². The molecule has 2 aromatic rings. The van der Waals surface area contributed by atoms with Gasteiger partial charge in [0.15, 0.2) is 0 Å². The van der Waals surface area contributed by atoms with Crippen molar-refractivity contribution in [2.45, 2.75) is 20.3 Å². The summed E-state index contributed by atoms with van der Waals surface area (Å²) in [6, 6.07) is 13.6. The van der Waals surface area contributed by atoms with Gasteiger partial charge in [-0.3, -0.25) is 14.7 Å². The van der Waals surface area contributed by atoms with E-state index < -0.39 is 12.3 Å². The molecule has 0 bridgehead atoms. The van der Waals surface area contributed by atoms with Crippen molar-refractivity contribution in [3.63, 3.8) is 0 Å². The van der Waals surface area contributed by atoms with E-state index >= 15 is 0 Å². The van der Waals surface area contributed by atoms with Crippen molar-refractivity contribution in [1.29, 1.82) is 5.26 Å². The van der Waals surface area contributed by atoms with Gasteiger partial charge in [0.25, 0.3) is 5.69 Å². The Kier molecular flexibility index (Phi) is 6.98. The first-order valence-corrected chi connectivity index (χ1v) is 10.7. The Balaban J connectivity index is 1.97. The van der Waals surface area contributed by atoms with E-state index in [-0.39, 0.29) is 11.3 Å². The molecular weight excluding hydrogens is 365 g/mol. The van der Waals surface area contributed by atoms with Crippen molar-refractivity contribution in [3.8, 4) is 11.8 Å². The molecule has 8 heteroatoms. The molecule has 0 aromatic heterocycles. The van der Waals surface area contributed by atoms with E-state index in [9.17, 15) is 14.7 Å². The second-order valence-electron chi connectivity index (χ2n) is 5.96. The lowest BCUT2D eigenvalue weighted by Gasteiger charge is -2.16. The van der Waals surface area contributed by atoms with Gasteiger partial charge in [0.05, 0.1) is 16.6 Å². The van der Waals surface area contributed by atoms with Crippen molar-refractivity contribution in [2.24, 2.45) is 0 Å². The molecule has 0 fully saturated rings. The van der Waals surface area contributed by atoms with Crippen LogP contribution in [-0.4, -0.2) is 23.8 Å². The lowest BCUT2D eigenvalue weighted by atomic mass is 10.1. The van der Waals surface area contributed by atoms with Crippen LogP contribution in [0.5, 0.6) is 5.75 Å². The quantitative estimate of drug-likeness (QED) is 0.376. The van der Waals surface area contributed by atoms with Crippen molar-refractivity contribution in [3.05, 3.63) is 63.7 Å². The van der Waals surface area contributed by atoms with Crippen LogP contribution < -0.4 is 9.84 Å². The molecule has 142 valence electrons. The van der Waals surface area contributed by atoms with Crippen LogP contribution in [0.15, 0.2) is 42.5 Å². The molecule has 0 aliphatic carbocycles. The van der Waals surface area contributed by atoms with Gasteiger partial charge in [0, 0.05) is 24.9 Å². The van der Waals surface area contributed by atoms with Crippen molar-refractivity contribution < 1.29 is 14.0 Å². The maximum Gasteiger partial charge on any atom is 0.293 e. The monoisotopic (exact) mass is 387 g/mol. The SMILES string of the molecule is CCP(=O)(CC)Oc1ccc(CCNc2ccc(C#N)cc2[N+](=O)[O-])cc1. The third kappa shape index (κ3) is 5.57. The summed E-state index contributed by atoms with van der Waals surface area (Å²) < 4.78 is 18.0. The molecule has 0 saturated heterocycles. The second kappa shape index (κ2) is 9.20. The Bertz CT molecular complexity index is 883. The average Bonchev–Trinajstić information content (AvgIpc) is 2.69. The zero-order chi connectivity index (χ0) is 19.9. The number of rotatable bonds is 9. The number of benzene rings is 2. The van der Waals surface area contributed by atoms with E-state index in [2.05, 4.69) is 5.32 Å². The molecule has 0 saturated carbocycles. The number of nitrogens with zero attached hydrogens (tertiary/aromatic N) is 2. The van der Waals surface area contributed by atoms with Crippen LogP contribution in [0, 0.1) is 21.4 Å². The smallest absolute Gasteiger partial charge is 0.293 e. The highest BCUT2D eigenvalue weighted by atomic mass is 31.2. The Labute approximate surface area is 158 Å². The molecule has 0 aliphatic heterocycles. The van der Waals surface area contributed by atoms with Crippen LogP contribution in [-0.2, 0) is 11.0 Å². The highest BCUT2D eigenvalue weighted by Gasteiger charge is 2.19. The Morgan fingerprint density at radius 3 is 2.41 bits per heavy atom. The zero-order valence-corrected chi connectivity index (χ0v) is 16.2. The summed E-state index contributed by atoms with van der Waals surface area (Å²) in [5, 5.41) is 23.0. The molecule has 0 spiro atoms. The van der Waals surface area contributed by atoms with E-state index in [0.717, 1.165) is 5.56 Å². The molecule has 1 N–H and O–H groups in total. The van der Waals surface area contributed by atoms with Crippen LogP contribution in [0.3, 0.4) is 0 Å². The number of nitro benzene ring substituents is 1. The summed E-state index contributed by atoms with van der Waals surface area (Å²) in [6.07, 6.45) is 1.65. The number of hydrogen-bond acceptors (Lipinski definition) is 6. The number of hydrogen-bond donors (Lipinski definition) is 1. The topological polar surface area (TPSA) is 105 Å². The lowest BCUT2D eigenvalue weighted by Crippen LogP contribution is -2.07. The predicted molar refractivity (Wildman–Crippen MR) is 106 cm³/mol. The van der Waals surface area contributed by atoms with Crippen LogP contribution in [0.25, 0.3) is 0 Å². The normalized spacial score (nSPS) is 10.9. The maximum atomic E-state index is 12.4. The second-order valence-corrected chi connectivity index (χ2v) is 9.04. The maximum absolute atomic E-state index is 12.4. The van der Waals surface area contributed by atoms with Gasteiger partial charge in [-0.05, 0) is 36.2 Å². The summed E-state index contributed by atoms with van der Waals surface area (Å²) in [7, 11) is -2.60. The van der Waals surface area contributed by atoms with Crippen molar-refractivity contribution in [1.82, 2.24) is 0 Å². The van der Waals surface area contributed by atoms with Gasteiger partial charge in [0.2, 0.25) is 7.37 Å². The lowest BCUT2D eigenvalue weighted by molar-refractivity contribution is -0.384. The molecular formula is C19H22N3O4P. The van der Waals surface area contributed by atoms with Gasteiger partial charge in [0.1, 0.15) is 11.4 Å². The van der Waals surface area contributed by atoms with Crippen LogP contribution in [0.2, 0.25) is 0 Å². The molecule has 0 aliphatic rings. The highest BCUT2D eigenvalue weighted by molar-refractivity contribution is 7.59. The summed E-state index contributed by atoms with van der Waals surface area (Å²) >= 11 is 0. The van der Waals surface area contributed by atoms with Crippen LogP contribution >= 0.6 is 7.37 Å². The predicted octanol–water partition coefficient (Wildman–Crippen LogP) is 4.82. The van der Waals surface area contributed by atoms with E-state index in [1.807, 2.05) is 32.0 Å². The van der Waals surface area contributed by atoms with Gasteiger partial charge in [-0.2, -0.15) is 5.26 Å².